The number of rotatable bonds is 9. The smallest absolute Gasteiger partial charge is 0.266 e. The summed E-state index contributed by atoms with van der Waals surface area (Å²) in [5.74, 6) is 0.205. The van der Waals surface area contributed by atoms with Gasteiger partial charge in [-0.25, -0.2) is 9.37 Å². The molecule has 0 aliphatic carbocycles. The standard InChI is InChI=1S/C25H30FN3O2/c1-4-7-17-28(23(30)10-5-2)22(6-3)24-27-21-12-9-8-11-20(21)25(31)29(24)19-15-13-18(26)14-16-19/h8-9,11-16,22H,4-7,10,17H2,1-3H3. The van der Waals surface area contributed by atoms with Crippen LogP contribution in [0.3, 0.4) is 0 Å². The van der Waals surface area contributed by atoms with Crippen molar-refractivity contribution < 1.29 is 9.18 Å². The van der Waals surface area contributed by atoms with Gasteiger partial charge in [0.1, 0.15) is 11.6 Å². The van der Waals surface area contributed by atoms with E-state index in [1.165, 1.54) is 16.7 Å². The summed E-state index contributed by atoms with van der Waals surface area (Å²) in [6.07, 6.45) is 3.66. The highest BCUT2D eigenvalue weighted by molar-refractivity contribution is 5.79. The van der Waals surface area contributed by atoms with Crippen molar-refractivity contribution >= 4 is 16.8 Å². The first-order valence-electron chi connectivity index (χ1n) is 11.1. The second kappa shape index (κ2) is 10.3. The van der Waals surface area contributed by atoms with Gasteiger partial charge in [0.25, 0.3) is 5.56 Å². The van der Waals surface area contributed by atoms with E-state index in [1.54, 1.807) is 24.3 Å². The Hall–Kier alpha value is -3.02. The molecule has 0 fully saturated rings. The quantitative estimate of drug-likeness (QED) is 0.463. The number of amides is 1. The Morgan fingerprint density at radius 2 is 1.77 bits per heavy atom. The Balaban J connectivity index is 2.26. The van der Waals surface area contributed by atoms with Crippen molar-refractivity contribution in [2.45, 2.75) is 58.9 Å². The van der Waals surface area contributed by atoms with Crippen LogP contribution in [0.15, 0.2) is 53.3 Å². The second-order valence-corrected chi connectivity index (χ2v) is 7.72. The predicted molar refractivity (Wildman–Crippen MR) is 122 cm³/mol. The largest absolute Gasteiger partial charge is 0.333 e. The summed E-state index contributed by atoms with van der Waals surface area (Å²) in [5, 5.41) is 0.491. The van der Waals surface area contributed by atoms with Crippen LogP contribution >= 0.6 is 0 Å². The zero-order valence-electron chi connectivity index (χ0n) is 18.5. The molecule has 3 aromatic rings. The second-order valence-electron chi connectivity index (χ2n) is 7.72. The molecule has 1 atom stereocenters. The molecule has 0 bridgehead atoms. The molecule has 1 heterocycles. The maximum atomic E-state index is 13.6. The number of hydrogen-bond acceptors (Lipinski definition) is 3. The van der Waals surface area contributed by atoms with Crippen molar-refractivity contribution in [2.75, 3.05) is 6.54 Å². The molecular weight excluding hydrogens is 393 g/mol. The van der Waals surface area contributed by atoms with Crippen LogP contribution in [-0.2, 0) is 4.79 Å². The van der Waals surface area contributed by atoms with Gasteiger partial charge in [-0.15, -0.1) is 0 Å². The molecule has 2 aromatic carbocycles. The van der Waals surface area contributed by atoms with Gasteiger partial charge in [0, 0.05) is 13.0 Å². The van der Waals surface area contributed by atoms with Crippen LogP contribution in [0.5, 0.6) is 0 Å². The fraction of sp³-hybridized carbons (Fsp3) is 0.400. The van der Waals surface area contributed by atoms with E-state index in [0.29, 0.717) is 41.8 Å². The number of unbranched alkanes of at least 4 members (excludes halogenated alkanes) is 1. The predicted octanol–water partition coefficient (Wildman–Crippen LogP) is 5.40. The minimum Gasteiger partial charge on any atom is -0.333 e. The van der Waals surface area contributed by atoms with Crippen molar-refractivity contribution in [3.63, 3.8) is 0 Å². The van der Waals surface area contributed by atoms with Gasteiger partial charge < -0.3 is 4.90 Å². The van der Waals surface area contributed by atoms with Crippen LogP contribution in [0.25, 0.3) is 16.6 Å². The number of carbonyl (C=O) groups is 1. The Kier molecular flexibility index (Phi) is 7.55. The highest BCUT2D eigenvalue weighted by Crippen LogP contribution is 2.27. The third kappa shape index (κ3) is 4.84. The van der Waals surface area contributed by atoms with Crippen LogP contribution < -0.4 is 5.56 Å². The Labute approximate surface area is 182 Å². The lowest BCUT2D eigenvalue weighted by molar-refractivity contribution is -0.134. The number of halogens is 1. The van der Waals surface area contributed by atoms with Crippen LogP contribution in [0, 0.1) is 5.82 Å². The molecule has 0 aliphatic heterocycles. The minimum atomic E-state index is -0.373. The van der Waals surface area contributed by atoms with Gasteiger partial charge in [0.2, 0.25) is 5.91 Å². The molecule has 3 rings (SSSR count). The highest BCUT2D eigenvalue weighted by Gasteiger charge is 2.28. The molecule has 0 radical (unpaired) electrons. The summed E-state index contributed by atoms with van der Waals surface area (Å²) in [7, 11) is 0. The summed E-state index contributed by atoms with van der Waals surface area (Å²) in [4.78, 5) is 33.3. The summed E-state index contributed by atoms with van der Waals surface area (Å²) in [6.45, 7) is 6.69. The van der Waals surface area contributed by atoms with Gasteiger partial charge >= 0.3 is 0 Å². The van der Waals surface area contributed by atoms with E-state index in [0.717, 1.165) is 19.3 Å². The first-order chi connectivity index (χ1) is 15.0. The van der Waals surface area contributed by atoms with Gasteiger partial charge in [-0.1, -0.05) is 39.3 Å². The van der Waals surface area contributed by atoms with Gasteiger partial charge in [-0.2, -0.15) is 0 Å². The first kappa shape index (κ1) is 22.7. The molecule has 164 valence electrons. The summed E-state index contributed by atoms with van der Waals surface area (Å²) < 4.78 is 15.1. The number of fused-ring (bicyclic) bond motifs is 1. The number of para-hydroxylation sites is 1. The van der Waals surface area contributed by atoms with E-state index >= 15 is 0 Å². The van der Waals surface area contributed by atoms with Gasteiger partial charge in [0.15, 0.2) is 0 Å². The Bertz CT molecular complexity index is 1090. The van der Waals surface area contributed by atoms with Crippen molar-refractivity contribution in [2.24, 2.45) is 0 Å². The molecule has 5 nitrogen and oxygen atoms in total. The van der Waals surface area contributed by atoms with E-state index < -0.39 is 0 Å². The monoisotopic (exact) mass is 423 g/mol. The zero-order chi connectivity index (χ0) is 22.4. The summed E-state index contributed by atoms with van der Waals surface area (Å²) in [6, 6.07) is 12.7. The average Bonchev–Trinajstić information content (AvgIpc) is 2.77. The maximum Gasteiger partial charge on any atom is 0.266 e. The minimum absolute atomic E-state index is 0.0656. The summed E-state index contributed by atoms with van der Waals surface area (Å²) >= 11 is 0. The van der Waals surface area contributed by atoms with Crippen LogP contribution in [0.2, 0.25) is 0 Å². The fourth-order valence-electron chi connectivity index (χ4n) is 3.90. The molecular formula is C25H30FN3O2. The molecule has 0 aliphatic rings. The molecule has 1 unspecified atom stereocenters. The number of carbonyl (C=O) groups excluding carboxylic acids is 1. The van der Waals surface area contributed by atoms with Crippen molar-refractivity contribution in [3.05, 3.63) is 70.5 Å². The third-order valence-electron chi connectivity index (χ3n) is 5.48. The zero-order valence-corrected chi connectivity index (χ0v) is 18.5. The third-order valence-corrected chi connectivity index (χ3v) is 5.48. The van der Waals surface area contributed by atoms with Crippen molar-refractivity contribution in [1.29, 1.82) is 0 Å². The number of hydrogen-bond donors (Lipinski definition) is 0. The van der Waals surface area contributed by atoms with E-state index in [9.17, 15) is 14.0 Å². The van der Waals surface area contributed by atoms with E-state index in [4.69, 9.17) is 4.98 Å². The lowest BCUT2D eigenvalue weighted by atomic mass is 10.1. The SMILES string of the molecule is CCCCN(C(=O)CCC)C(CC)c1nc2ccccc2c(=O)n1-c1ccc(F)cc1. The Morgan fingerprint density at radius 3 is 2.42 bits per heavy atom. The van der Waals surface area contributed by atoms with Gasteiger partial charge in [0.05, 0.1) is 22.6 Å². The Morgan fingerprint density at radius 1 is 1.06 bits per heavy atom. The first-order valence-corrected chi connectivity index (χ1v) is 11.1. The molecule has 0 spiro atoms. The van der Waals surface area contributed by atoms with Gasteiger partial charge in [-0.05, 0) is 55.7 Å². The lowest BCUT2D eigenvalue weighted by Gasteiger charge is -2.32. The van der Waals surface area contributed by atoms with Crippen molar-refractivity contribution in [1.82, 2.24) is 14.5 Å². The van der Waals surface area contributed by atoms with Crippen molar-refractivity contribution in [3.8, 4) is 5.69 Å². The molecule has 31 heavy (non-hydrogen) atoms. The number of benzene rings is 2. The van der Waals surface area contributed by atoms with Crippen LogP contribution in [-0.4, -0.2) is 26.9 Å². The van der Waals surface area contributed by atoms with Crippen LogP contribution in [0.4, 0.5) is 4.39 Å². The maximum absolute atomic E-state index is 13.6. The fourth-order valence-corrected chi connectivity index (χ4v) is 3.90. The van der Waals surface area contributed by atoms with E-state index in [2.05, 4.69) is 6.92 Å². The topological polar surface area (TPSA) is 55.2 Å². The van der Waals surface area contributed by atoms with Crippen LogP contribution in [0.1, 0.15) is 64.7 Å². The van der Waals surface area contributed by atoms with Gasteiger partial charge in [-0.3, -0.25) is 14.2 Å². The molecule has 1 amide bonds. The molecule has 0 N–H and O–H groups in total. The summed E-state index contributed by atoms with van der Waals surface area (Å²) in [5.41, 5.74) is 0.915. The molecule has 0 saturated heterocycles. The lowest BCUT2D eigenvalue weighted by Crippen LogP contribution is -2.39. The number of aromatic nitrogens is 2. The molecule has 1 aromatic heterocycles. The molecule has 0 saturated carbocycles. The van der Waals surface area contributed by atoms with E-state index in [-0.39, 0.29) is 23.3 Å². The normalized spacial score (nSPS) is 12.1. The number of nitrogens with zero attached hydrogens (tertiary/aromatic N) is 3. The van der Waals surface area contributed by atoms with E-state index in [1.807, 2.05) is 30.9 Å². The molecule has 6 heteroatoms. The average molecular weight is 424 g/mol. The highest BCUT2D eigenvalue weighted by atomic mass is 19.1.